The van der Waals surface area contributed by atoms with Gasteiger partial charge in [0.15, 0.2) is 12.4 Å². The monoisotopic (exact) mass is 318 g/mol. The Balaban J connectivity index is 2.79. The lowest BCUT2D eigenvalue weighted by molar-refractivity contribution is -0.297. The van der Waals surface area contributed by atoms with Crippen molar-refractivity contribution in [1.82, 2.24) is 0 Å². The highest BCUT2D eigenvalue weighted by Gasteiger charge is 2.47. The quantitative estimate of drug-likeness (QED) is 0.518. The Morgan fingerprint density at radius 1 is 1.05 bits per heavy atom. The van der Waals surface area contributed by atoms with Crippen molar-refractivity contribution in [1.29, 1.82) is 0 Å². The zero-order valence-corrected chi connectivity index (χ0v) is 14.1. The minimum Gasteiger partial charge on any atom is -0.454 e. The molecule has 3 unspecified atom stereocenters. The van der Waals surface area contributed by atoms with Crippen LogP contribution in [0, 0.1) is 0 Å². The zero-order chi connectivity index (χ0) is 16.5. The molecule has 0 aromatic carbocycles. The average Bonchev–Trinajstić information content (AvgIpc) is 2.45. The highest BCUT2D eigenvalue weighted by molar-refractivity contribution is 5.66. The molecule has 0 bridgehead atoms. The number of ether oxygens (including phenoxy) is 4. The van der Waals surface area contributed by atoms with Gasteiger partial charge >= 0.3 is 5.97 Å². The maximum Gasteiger partial charge on any atom is 0.303 e. The summed E-state index contributed by atoms with van der Waals surface area (Å²) in [6.07, 6.45) is 0.587. The van der Waals surface area contributed by atoms with E-state index in [1.165, 1.54) is 6.92 Å². The highest BCUT2D eigenvalue weighted by atomic mass is 16.7. The van der Waals surface area contributed by atoms with Gasteiger partial charge in [0.05, 0.1) is 6.10 Å². The van der Waals surface area contributed by atoms with Crippen LogP contribution in [0.2, 0.25) is 0 Å². The Morgan fingerprint density at radius 2 is 1.59 bits per heavy atom. The topological polar surface area (TPSA) is 74.2 Å². The largest absolute Gasteiger partial charge is 0.454 e. The first kappa shape index (κ1) is 19.4. The van der Waals surface area contributed by atoms with Gasteiger partial charge < -0.3 is 24.1 Å². The van der Waals surface area contributed by atoms with Gasteiger partial charge in [-0.25, -0.2) is 0 Å². The molecule has 0 amide bonds. The standard InChI is InChI=1S/C16H30O6/c1-5-7-9-19-13-11(3)21-16(18)15(22-12(4)17)14(13)20-10-8-6-2/h11,13-16,18H,5-10H2,1-4H3/t11?,13-,14?,15-,16?/m0/s1. The fourth-order valence-corrected chi connectivity index (χ4v) is 2.46. The van der Waals surface area contributed by atoms with Crippen molar-refractivity contribution >= 4 is 5.97 Å². The maximum atomic E-state index is 11.3. The van der Waals surface area contributed by atoms with Crippen LogP contribution in [0.5, 0.6) is 0 Å². The number of hydrogen-bond acceptors (Lipinski definition) is 6. The third kappa shape index (κ3) is 5.83. The number of carbonyl (C=O) groups is 1. The number of esters is 1. The third-order valence-electron chi connectivity index (χ3n) is 3.66. The lowest BCUT2D eigenvalue weighted by Crippen LogP contribution is -2.60. The molecule has 1 rings (SSSR count). The number of unbranched alkanes of at least 4 members (excludes halogenated alkanes) is 2. The molecule has 1 aliphatic heterocycles. The Bertz CT molecular complexity index is 322. The molecule has 1 aliphatic rings. The molecule has 5 atom stereocenters. The molecule has 0 aromatic heterocycles. The van der Waals surface area contributed by atoms with E-state index in [0.29, 0.717) is 13.2 Å². The molecule has 6 heteroatoms. The van der Waals surface area contributed by atoms with Gasteiger partial charge in [-0.05, 0) is 19.8 Å². The lowest BCUT2D eigenvalue weighted by Gasteiger charge is -2.43. The van der Waals surface area contributed by atoms with Crippen molar-refractivity contribution in [2.45, 2.75) is 84.1 Å². The van der Waals surface area contributed by atoms with Gasteiger partial charge in [0.1, 0.15) is 12.2 Å². The van der Waals surface area contributed by atoms with E-state index < -0.39 is 24.5 Å². The molecule has 0 aromatic rings. The van der Waals surface area contributed by atoms with Gasteiger partial charge in [0.25, 0.3) is 0 Å². The van der Waals surface area contributed by atoms with Crippen LogP contribution in [-0.2, 0) is 23.7 Å². The van der Waals surface area contributed by atoms with Crippen molar-refractivity contribution in [3.8, 4) is 0 Å². The van der Waals surface area contributed by atoms with Crippen LogP contribution in [0.3, 0.4) is 0 Å². The Hall–Kier alpha value is -0.690. The molecule has 6 nitrogen and oxygen atoms in total. The van der Waals surface area contributed by atoms with Crippen molar-refractivity contribution in [2.75, 3.05) is 13.2 Å². The second-order valence-corrected chi connectivity index (χ2v) is 5.68. The molecule has 1 fully saturated rings. The summed E-state index contributed by atoms with van der Waals surface area (Å²) in [6, 6.07) is 0. The molecule has 1 heterocycles. The maximum absolute atomic E-state index is 11.3. The smallest absolute Gasteiger partial charge is 0.303 e. The van der Waals surface area contributed by atoms with Crippen LogP contribution in [0.4, 0.5) is 0 Å². The van der Waals surface area contributed by atoms with Crippen LogP contribution in [0.25, 0.3) is 0 Å². The highest BCUT2D eigenvalue weighted by Crippen LogP contribution is 2.27. The molecule has 0 saturated carbocycles. The van der Waals surface area contributed by atoms with Gasteiger partial charge in [-0.2, -0.15) is 0 Å². The zero-order valence-electron chi connectivity index (χ0n) is 14.1. The summed E-state index contributed by atoms with van der Waals surface area (Å²) in [5.41, 5.74) is 0. The predicted molar refractivity (Wildman–Crippen MR) is 81.4 cm³/mol. The van der Waals surface area contributed by atoms with Crippen LogP contribution in [0.1, 0.15) is 53.4 Å². The number of hydrogen-bond donors (Lipinski definition) is 1. The second-order valence-electron chi connectivity index (χ2n) is 5.68. The summed E-state index contributed by atoms with van der Waals surface area (Å²) < 4.78 is 22.4. The molecule has 1 N–H and O–H groups in total. The van der Waals surface area contributed by atoms with Gasteiger partial charge in [0, 0.05) is 20.1 Å². The molecule has 0 radical (unpaired) electrons. The number of aliphatic hydroxyl groups is 1. The van der Waals surface area contributed by atoms with Crippen LogP contribution >= 0.6 is 0 Å². The first-order chi connectivity index (χ1) is 10.5. The van der Waals surface area contributed by atoms with E-state index in [-0.39, 0.29) is 12.2 Å². The Morgan fingerprint density at radius 3 is 2.09 bits per heavy atom. The molecule has 0 spiro atoms. The van der Waals surface area contributed by atoms with E-state index in [0.717, 1.165) is 25.7 Å². The second kappa shape index (κ2) is 10.2. The molecule has 130 valence electrons. The summed E-state index contributed by atoms with van der Waals surface area (Å²) in [6.45, 7) is 8.42. The van der Waals surface area contributed by atoms with Gasteiger partial charge in [-0.15, -0.1) is 0 Å². The average molecular weight is 318 g/mol. The molecule has 1 saturated heterocycles. The summed E-state index contributed by atoms with van der Waals surface area (Å²) in [4.78, 5) is 11.3. The number of rotatable bonds is 9. The first-order valence-electron chi connectivity index (χ1n) is 8.25. The Labute approximate surface area is 133 Å². The number of aliphatic hydroxyl groups excluding tert-OH is 1. The molecule has 0 aliphatic carbocycles. The van der Waals surface area contributed by atoms with Crippen LogP contribution in [-0.4, -0.2) is 55.0 Å². The van der Waals surface area contributed by atoms with Crippen LogP contribution in [0.15, 0.2) is 0 Å². The van der Waals surface area contributed by atoms with Gasteiger partial charge in [0.2, 0.25) is 0 Å². The van der Waals surface area contributed by atoms with Crippen molar-refractivity contribution < 1.29 is 28.8 Å². The van der Waals surface area contributed by atoms with Gasteiger partial charge in [-0.1, -0.05) is 26.7 Å². The van der Waals surface area contributed by atoms with Gasteiger partial charge in [-0.3, -0.25) is 4.79 Å². The van der Waals surface area contributed by atoms with E-state index in [1.807, 2.05) is 6.92 Å². The number of carbonyl (C=O) groups excluding carboxylic acids is 1. The SMILES string of the molecule is CCCCOC1[C@H](OC(C)=O)C(O)OC(C)[C@@H]1OCCCC. The van der Waals surface area contributed by atoms with Crippen molar-refractivity contribution in [3.05, 3.63) is 0 Å². The van der Waals surface area contributed by atoms with E-state index in [4.69, 9.17) is 18.9 Å². The predicted octanol–water partition coefficient (Wildman–Crippen LogP) is 2.03. The lowest BCUT2D eigenvalue weighted by atomic mass is 9.99. The van der Waals surface area contributed by atoms with E-state index in [1.54, 1.807) is 0 Å². The van der Waals surface area contributed by atoms with E-state index in [2.05, 4.69) is 13.8 Å². The molecular formula is C16H30O6. The van der Waals surface area contributed by atoms with E-state index >= 15 is 0 Å². The summed E-state index contributed by atoms with van der Waals surface area (Å²) in [5.74, 6) is -0.474. The first-order valence-corrected chi connectivity index (χ1v) is 8.25. The normalized spacial score (nSPS) is 32.0. The Kier molecular flexibility index (Phi) is 8.93. The molecular weight excluding hydrogens is 288 g/mol. The van der Waals surface area contributed by atoms with Crippen molar-refractivity contribution in [3.63, 3.8) is 0 Å². The van der Waals surface area contributed by atoms with E-state index in [9.17, 15) is 9.90 Å². The minimum atomic E-state index is -1.20. The fourth-order valence-electron chi connectivity index (χ4n) is 2.46. The third-order valence-corrected chi connectivity index (χ3v) is 3.66. The molecule has 22 heavy (non-hydrogen) atoms. The van der Waals surface area contributed by atoms with Crippen LogP contribution < -0.4 is 0 Å². The summed E-state index contributed by atoms with van der Waals surface area (Å²) in [5, 5.41) is 10.1. The fraction of sp³-hybridized carbons (Fsp3) is 0.938. The minimum absolute atomic E-state index is 0.328. The van der Waals surface area contributed by atoms with Crippen molar-refractivity contribution in [2.24, 2.45) is 0 Å². The summed E-state index contributed by atoms with van der Waals surface area (Å²) >= 11 is 0. The summed E-state index contributed by atoms with van der Waals surface area (Å²) in [7, 11) is 0.